The number of pyridine rings is 1. The number of rotatable bonds is 5. The van der Waals surface area contributed by atoms with E-state index >= 15 is 0 Å². The minimum atomic E-state index is -4.62. The van der Waals surface area contributed by atoms with Crippen molar-refractivity contribution in [2.24, 2.45) is 0 Å². The third kappa shape index (κ3) is 4.68. The van der Waals surface area contributed by atoms with Gasteiger partial charge in [-0.2, -0.15) is 13.2 Å². The van der Waals surface area contributed by atoms with Crippen molar-refractivity contribution in [3.63, 3.8) is 0 Å². The van der Waals surface area contributed by atoms with Gasteiger partial charge in [0.15, 0.2) is 0 Å². The van der Waals surface area contributed by atoms with Crippen LogP contribution in [-0.4, -0.2) is 49.6 Å². The number of aromatic amines is 1. The number of anilines is 1. The van der Waals surface area contributed by atoms with Crippen molar-refractivity contribution in [1.29, 1.82) is 0 Å². The fraction of sp³-hybridized carbons (Fsp3) is 0.179. The first-order valence-corrected chi connectivity index (χ1v) is 12.5. The molecule has 0 bridgehead atoms. The lowest BCUT2D eigenvalue weighted by Gasteiger charge is -2.22. The summed E-state index contributed by atoms with van der Waals surface area (Å²) in [7, 11) is 1.53. The second kappa shape index (κ2) is 9.84. The molecule has 0 saturated heterocycles. The van der Waals surface area contributed by atoms with Gasteiger partial charge in [0, 0.05) is 37.7 Å². The van der Waals surface area contributed by atoms with Crippen LogP contribution in [0.15, 0.2) is 67.1 Å². The number of aromatic nitrogens is 5. The van der Waals surface area contributed by atoms with Gasteiger partial charge in [0.05, 0.1) is 28.7 Å². The molecule has 4 heterocycles. The number of benzene rings is 2. The quantitative estimate of drug-likeness (QED) is 0.312. The van der Waals surface area contributed by atoms with Crippen LogP contribution in [0.5, 0.6) is 0 Å². The SMILES string of the molecule is CN1C(=O)[C@@H](NC(=O)c2n[nH]c(Cc3ccccc3F)n2)Cc2cn(-c3cnccc3C(F)(F)F)c3cccc1c23. The predicted molar refractivity (Wildman–Crippen MR) is 140 cm³/mol. The average molecular weight is 564 g/mol. The van der Waals surface area contributed by atoms with Crippen molar-refractivity contribution >= 4 is 28.4 Å². The Morgan fingerprint density at radius 1 is 1.12 bits per heavy atom. The van der Waals surface area contributed by atoms with Crippen LogP contribution >= 0.6 is 0 Å². The number of hydrogen-bond acceptors (Lipinski definition) is 5. The number of amides is 2. The zero-order valence-corrected chi connectivity index (χ0v) is 21.4. The highest BCUT2D eigenvalue weighted by Gasteiger charge is 2.36. The lowest BCUT2D eigenvalue weighted by Crippen LogP contribution is -2.48. The highest BCUT2D eigenvalue weighted by Crippen LogP contribution is 2.39. The second-order valence-electron chi connectivity index (χ2n) is 9.59. The second-order valence-corrected chi connectivity index (χ2v) is 9.59. The van der Waals surface area contributed by atoms with Crippen LogP contribution in [0.1, 0.15) is 33.1 Å². The van der Waals surface area contributed by atoms with E-state index in [-0.39, 0.29) is 30.2 Å². The topological polar surface area (TPSA) is 109 Å². The number of alkyl halides is 3. The summed E-state index contributed by atoms with van der Waals surface area (Å²) in [6.45, 7) is 0. The van der Waals surface area contributed by atoms with E-state index < -0.39 is 35.4 Å². The number of nitrogens with zero attached hydrogens (tertiary/aromatic N) is 5. The number of hydrogen-bond donors (Lipinski definition) is 2. The molecule has 9 nitrogen and oxygen atoms in total. The van der Waals surface area contributed by atoms with E-state index in [1.807, 2.05) is 0 Å². The van der Waals surface area contributed by atoms with Gasteiger partial charge in [-0.3, -0.25) is 19.7 Å². The van der Waals surface area contributed by atoms with E-state index in [4.69, 9.17) is 0 Å². The van der Waals surface area contributed by atoms with Gasteiger partial charge in [0.25, 0.3) is 5.91 Å². The standard InChI is InChI=1S/C28H21F4N7O2/c1-38-20-7-4-8-21-24(20)16(14-39(21)22-13-33-10-9-17(22)28(30,31)32)11-19(27(38)41)34-26(40)25-35-23(36-37-25)12-15-5-2-3-6-18(15)29/h2-10,13-14,19H,11-12H2,1H3,(H,34,40)(H,35,36,37)/t19-/m0/s1. The third-order valence-electron chi connectivity index (χ3n) is 7.02. The molecule has 1 atom stereocenters. The molecule has 41 heavy (non-hydrogen) atoms. The number of likely N-dealkylation sites (N-methyl/N-ethyl adjacent to an activating group) is 1. The summed E-state index contributed by atoms with van der Waals surface area (Å²) in [6, 6.07) is 11.0. The van der Waals surface area contributed by atoms with Crippen LogP contribution in [-0.2, 0) is 23.8 Å². The largest absolute Gasteiger partial charge is 0.418 e. The van der Waals surface area contributed by atoms with Gasteiger partial charge < -0.3 is 14.8 Å². The fourth-order valence-electron chi connectivity index (χ4n) is 5.09. The molecule has 2 N–H and O–H groups in total. The first-order valence-electron chi connectivity index (χ1n) is 12.5. The van der Waals surface area contributed by atoms with Crippen LogP contribution < -0.4 is 10.2 Å². The summed E-state index contributed by atoms with van der Waals surface area (Å²) in [4.78, 5) is 35.9. The van der Waals surface area contributed by atoms with E-state index in [0.29, 0.717) is 27.7 Å². The molecule has 0 unspecified atom stereocenters. The smallest absolute Gasteiger partial charge is 0.337 e. The van der Waals surface area contributed by atoms with Crippen LogP contribution in [0.25, 0.3) is 16.6 Å². The zero-order valence-electron chi connectivity index (χ0n) is 21.4. The summed E-state index contributed by atoms with van der Waals surface area (Å²) in [5, 5.41) is 9.77. The lowest BCUT2D eigenvalue weighted by atomic mass is 10.1. The molecule has 0 fully saturated rings. The molecule has 208 valence electrons. The number of H-pyrrole nitrogens is 1. The van der Waals surface area contributed by atoms with E-state index in [2.05, 4.69) is 25.5 Å². The Labute approximate surface area is 229 Å². The van der Waals surface area contributed by atoms with Gasteiger partial charge in [-0.1, -0.05) is 24.3 Å². The van der Waals surface area contributed by atoms with Gasteiger partial charge in [-0.15, -0.1) is 5.10 Å². The summed E-state index contributed by atoms with van der Waals surface area (Å²) in [6.07, 6.45) is -0.784. The Kier molecular flexibility index (Phi) is 6.28. The number of nitrogens with one attached hydrogen (secondary N) is 2. The number of carbonyl (C=O) groups excluding carboxylic acids is 2. The van der Waals surface area contributed by atoms with E-state index in [1.54, 1.807) is 36.4 Å². The summed E-state index contributed by atoms with van der Waals surface area (Å²) in [5.74, 6) is -1.56. The van der Waals surface area contributed by atoms with Crippen molar-refractivity contribution in [2.45, 2.75) is 25.1 Å². The third-order valence-corrected chi connectivity index (χ3v) is 7.02. The fourth-order valence-corrected chi connectivity index (χ4v) is 5.09. The minimum Gasteiger partial charge on any atom is -0.337 e. The molecule has 0 spiro atoms. The number of carbonyl (C=O) groups is 2. The maximum Gasteiger partial charge on any atom is 0.418 e. The molecular weight excluding hydrogens is 542 g/mol. The number of halogens is 4. The van der Waals surface area contributed by atoms with Crippen molar-refractivity contribution in [1.82, 2.24) is 30.0 Å². The van der Waals surface area contributed by atoms with Crippen molar-refractivity contribution in [2.75, 3.05) is 11.9 Å². The summed E-state index contributed by atoms with van der Waals surface area (Å²) >= 11 is 0. The molecule has 5 aromatic rings. The first-order chi connectivity index (χ1) is 19.6. The van der Waals surface area contributed by atoms with Crippen LogP contribution in [0, 0.1) is 5.82 Å². The average Bonchev–Trinajstić information content (AvgIpc) is 3.55. The molecular formula is C28H21F4N7O2. The van der Waals surface area contributed by atoms with Gasteiger partial charge in [-0.25, -0.2) is 9.37 Å². The molecule has 2 amide bonds. The molecule has 0 saturated carbocycles. The van der Waals surface area contributed by atoms with Gasteiger partial charge in [0.2, 0.25) is 11.7 Å². The molecule has 0 aliphatic carbocycles. The lowest BCUT2D eigenvalue weighted by molar-refractivity contribution is -0.137. The molecule has 0 radical (unpaired) electrons. The van der Waals surface area contributed by atoms with Crippen molar-refractivity contribution in [3.05, 3.63) is 101 Å². The maximum atomic E-state index is 14.0. The predicted octanol–water partition coefficient (Wildman–Crippen LogP) is 4.21. The van der Waals surface area contributed by atoms with Crippen LogP contribution in [0.2, 0.25) is 0 Å². The Hall–Kier alpha value is -5.07. The Bertz CT molecular complexity index is 1810. The minimum absolute atomic E-state index is 0.00352. The molecule has 1 aliphatic rings. The summed E-state index contributed by atoms with van der Waals surface area (Å²) < 4.78 is 56.9. The molecule has 1 aliphatic heterocycles. The Morgan fingerprint density at radius 2 is 1.93 bits per heavy atom. The molecule has 2 aromatic carbocycles. The summed E-state index contributed by atoms with van der Waals surface area (Å²) in [5.41, 5.74) is 0.848. The van der Waals surface area contributed by atoms with Gasteiger partial charge in [0.1, 0.15) is 17.7 Å². The van der Waals surface area contributed by atoms with E-state index in [9.17, 15) is 27.2 Å². The molecule has 3 aromatic heterocycles. The van der Waals surface area contributed by atoms with Crippen LogP contribution in [0.4, 0.5) is 23.2 Å². The zero-order chi connectivity index (χ0) is 28.9. The van der Waals surface area contributed by atoms with E-state index in [1.165, 1.54) is 28.8 Å². The highest BCUT2D eigenvalue weighted by molar-refractivity contribution is 6.09. The van der Waals surface area contributed by atoms with Gasteiger partial charge >= 0.3 is 6.18 Å². The Morgan fingerprint density at radius 3 is 2.71 bits per heavy atom. The first kappa shape index (κ1) is 26.2. The monoisotopic (exact) mass is 563 g/mol. The highest BCUT2D eigenvalue weighted by atomic mass is 19.4. The van der Waals surface area contributed by atoms with Gasteiger partial charge in [-0.05, 0) is 35.4 Å². The van der Waals surface area contributed by atoms with Crippen molar-refractivity contribution < 1.29 is 27.2 Å². The normalized spacial score (nSPS) is 15.3. The van der Waals surface area contributed by atoms with E-state index in [0.717, 1.165) is 18.5 Å². The maximum absolute atomic E-state index is 14.0. The van der Waals surface area contributed by atoms with Crippen molar-refractivity contribution in [3.8, 4) is 5.69 Å². The molecule has 6 rings (SSSR count). The van der Waals surface area contributed by atoms with Crippen LogP contribution in [0.3, 0.4) is 0 Å². The molecule has 13 heteroatoms. The Balaban J connectivity index is 1.32.